The first kappa shape index (κ1) is 18.7. The second-order valence-electron chi connectivity index (χ2n) is 5.55. The second-order valence-corrected chi connectivity index (χ2v) is 9.84. The molecule has 3 aromatic carbocycles. The molecule has 0 saturated carbocycles. The molecule has 1 N–H and O–H groups in total. The van der Waals surface area contributed by atoms with Gasteiger partial charge in [0.25, 0.3) is 0 Å². The summed E-state index contributed by atoms with van der Waals surface area (Å²) in [6.45, 7) is 0. The van der Waals surface area contributed by atoms with Crippen LogP contribution < -0.4 is 21.2 Å². The quantitative estimate of drug-likeness (QED) is 0.484. The summed E-state index contributed by atoms with van der Waals surface area (Å²) in [6.07, 6.45) is 0.629. The zero-order chi connectivity index (χ0) is 18.4. The van der Waals surface area contributed by atoms with Crippen LogP contribution in [0.2, 0.25) is 0 Å². The molecule has 1 amide bonds. The van der Waals surface area contributed by atoms with Crippen LogP contribution in [-0.4, -0.2) is 6.41 Å². The predicted octanol–water partition coefficient (Wildman–Crippen LogP) is 4.33. The summed E-state index contributed by atoms with van der Waals surface area (Å²) in [5, 5.41) is 5.97. The third kappa shape index (κ3) is 3.41. The zero-order valence-electron chi connectivity index (χ0n) is 13.8. The van der Waals surface area contributed by atoms with Gasteiger partial charge in [0.2, 0.25) is 11.8 Å². The van der Waals surface area contributed by atoms with Crippen molar-refractivity contribution in [2.45, 2.75) is 0 Å². The predicted molar refractivity (Wildman–Crippen MR) is 113 cm³/mol. The molecule has 0 aliphatic heterocycles. The number of carbonyl (C=O) groups excluding carboxylic acids is 1. The lowest BCUT2D eigenvalue weighted by Gasteiger charge is -2.28. The summed E-state index contributed by atoms with van der Waals surface area (Å²) in [6, 6.07) is 30.1. The molecule has 0 aromatic heterocycles. The standard InChI is InChI=1S/C21H16Cl2NOP/c22-20(23)21(24-16-25)26(17-10-4-1-5-11-17,18-12-6-2-7-13-18)19-14-8-3-9-15-19/h1-16H/p+1. The Balaban J connectivity index is 2.47. The molecule has 0 unspecified atom stereocenters. The van der Waals surface area contributed by atoms with E-state index in [2.05, 4.69) is 41.7 Å². The van der Waals surface area contributed by atoms with Crippen molar-refractivity contribution in [1.82, 2.24) is 5.32 Å². The molecule has 0 aliphatic rings. The highest BCUT2D eigenvalue weighted by Gasteiger charge is 2.51. The number of hydrogen-bond acceptors (Lipinski definition) is 1. The average molecular weight is 401 g/mol. The summed E-state index contributed by atoms with van der Waals surface area (Å²) in [5.74, 6) is 0. The van der Waals surface area contributed by atoms with E-state index in [9.17, 15) is 4.79 Å². The van der Waals surface area contributed by atoms with E-state index in [1.54, 1.807) is 0 Å². The molecule has 0 bridgehead atoms. The maximum Gasteiger partial charge on any atom is 0.214 e. The van der Waals surface area contributed by atoms with E-state index in [-0.39, 0.29) is 4.49 Å². The fourth-order valence-corrected chi connectivity index (χ4v) is 8.02. The molecular formula is C21H17Cl2NOP+. The molecule has 5 heteroatoms. The van der Waals surface area contributed by atoms with Gasteiger partial charge >= 0.3 is 0 Å². The van der Waals surface area contributed by atoms with E-state index >= 15 is 0 Å². The zero-order valence-corrected chi connectivity index (χ0v) is 16.3. The van der Waals surface area contributed by atoms with Gasteiger partial charge in [0, 0.05) is 0 Å². The molecule has 0 atom stereocenters. The second kappa shape index (κ2) is 8.51. The van der Waals surface area contributed by atoms with Gasteiger partial charge in [-0.3, -0.25) is 10.1 Å². The van der Waals surface area contributed by atoms with Crippen LogP contribution in [0.3, 0.4) is 0 Å². The third-order valence-corrected chi connectivity index (χ3v) is 9.02. The van der Waals surface area contributed by atoms with Gasteiger partial charge in [-0.2, -0.15) is 0 Å². The number of nitrogens with one attached hydrogen (secondary N) is 1. The normalized spacial score (nSPS) is 10.8. The number of carbonyl (C=O) groups is 1. The number of halogens is 2. The smallest absolute Gasteiger partial charge is 0.214 e. The summed E-state index contributed by atoms with van der Waals surface area (Å²) < 4.78 is 0.0574. The molecule has 0 saturated heterocycles. The number of rotatable bonds is 6. The van der Waals surface area contributed by atoms with Gasteiger partial charge in [0.15, 0.2) is 11.8 Å². The van der Waals surface area contributed by atoms with Crippen molar-refractivity contribution >= 4 is 52.8 Å². The lowest BCUT2D eigenvalue weighted by atomic mass is 10.4. The van der Waals surface area contributed by atoms with E-state index in [0.717, 1.165) is 15.9 Å². The fraction of sp³-hybridized carbons (Fsp3) is 0. The van der Waals surface area contributed by atoms with E-state index in [0.29, 0.717) is 11.8 Å². The Kier molecular flexibility index (Phi) is 6.11. The van der Waals surface area contributed by atoms with Crippen molar-refractivity contribution < 1.29 is 4.79 Å². The minimum atomic E-state index is -2.46. The van der Waals surface area contributed by atoms with Crippen LogP contribution in [0.4, 0.5) is 0 Å². The highest BCUT2D eigenvalue weighted by atomic mass is 35.5. The van der Waals surface area contributed by atoms with E-state index in [4.69, 9.17) is 23.2 Å². The Bertz CT molecular complexity index is 798. The van der Waals surface area contributed by atoms with Crippen molar-refractivity contribution in [3.05, 3.63) is 101 Å². The SMILES string of the molecule is O=CNC(=C(Cl)Cl)[P+](c1ccccc1)(c1ccccc1)c1ccccc1. The van der Waals surface area contributed by atoms with Crippen LogP contribution in [-0.2, 0) is 4.79 Å². The number of hydrogen-bond donors (Lipinski definition) is 1. The lowest BCUT2D eigenvalue weighted by molar-refractivity contribution is -0.108. The Morgan fingerprint density at radius 2 is 1.04 bits per heavy atom. The molecular weight excluding hydrogens is 384 g/mol. The fourth-order valence-electron chi connectivity index (χ4n) is 3.12. The van der Waals surface area contributed by atoms with Gasteiger partial charge in [-0.25, -0.2) is 0 Å². The van der Waals surface area contributed by atoms with Crippen molar-refractivity contribution in [2.24, 2.45) is 0 Å². The molecule has 3 aromatic rings. The van der Waals surface area contributed by atoms with Gasteiger partial charge in [-0.05, 0) is 36.4 Å². The third-order valence-electron chi connectivity index (χ3n) is 4.14. The van der Waals surface area contributed by atoms with Gasteiger partial charge in [-0.15, -0.1) is 0 Å². The van der Waals surface area contributed by atoms with Crippen LogP contribution in [0.25, 0.3) is 0 Å². The van der Waals surface area contributed by atoms with Gasteiger partial charge in [0.1, 0.15) is 15.9 Å². The van der Waals surface area contributed by atoms with Gasteiger partial charge in [-0.1, -0.05) is 77.8 Å². The first-order valence-corrected chi connectivity index (χ1v) is 10.6. The molecule has 0 fully saturated rings. The summed E-state index contributed by atoms with van der Waals surface area (Å²) in [7, 11) is -2.46. The molecule has 3 rings (SSSR count). The molecule has 0 aliphatic carbocycles. The van der Waals surface area contributed by atoms with Gasteiger partial charge in [0.05, 0.1) is 0 Å². The lowest BCUT2D eigenvalue weighted by Crippen LogP contribution is -2.36. The average Bonchev–Trinajstić information content (AvgIpc) is 2.70. The minimum Gasteiger partial charge on any atom is -0.297 e. The summed E-state index contributed by atoms with van der Waals surface area (Å²) in [4.78, 5) is 11.4. The van der Waals surface area contributed by atoms with Gasteiger partial charge < -0.3 is 0 Å². The van der Waals surface area contributed by atoms with Crippen molar-refractivity contribution in [1.29, 1.82) is 0 Å². The van der Waals surface area contributed by atoms with Crippen molar-refractivity contribution in [3.63, 3.8) is 0 Å². The Hall–Kier alpha value is -2.12. The summed E-state index contributed by atoms with van der Waals surface area (Å²) >= 11 is 12.6. The van der Waals surface area contributed by atoms with Crippen LogP contribution in [0.15, 0.2) is 101 Å². The number of benzene rings is 3. The monoisotopic (exact) mass is 400 g/mol. The maximum atomic E-state index is 11.4. The minimum absolute atomic E-state index is 0.0574. The first-order valence-electron chi connectivity index (χ1n) is 8.03. The molecule has 0 radical (unpaired) electrons. The first-order chi connectivity index (χ1) is 12.7. The van der Waals surface area contributed by atoms with Crippen LogP contribution in [0.5, 0.6) is 0 Å². The topological polar surface area (TPSA) is 29.1 Å². The Morgan fingerprint density at radius 1 is 0.692 bits per heavy atom. The largest absolute Gasteiger partial charge is 0.297 e. The van der Waals surface area contributed by atoms with Crippen molar-refractivity contribution in [2.75, 3.05) is 0 Å². The highest BCUT2D eigenvalue weighted by molar-refractivity contribution is 7.99. The molecule has 0 spiro atoms. The van der Waals surface area contributed by atoms with Crippen LogP contribution in [0, 0.1) is 0 Å². The summed E-state index contributed by atoms with van der Waals surface area (Å²) in [5.41, 5.74) is 0.527. The van der Waals surface area contributed by atoms with E-state index in [1.807, 2.05) is 54.6 Å². The number of amides is 1. The molecule has 0 heterocycles. The van der Waals surface area contributed by atoms with Crippen molar-refractivity contribution in [3.8, 4) is 0 Å². The van der Waals surface area contributed by atoms with E-state index < -0.39 is 7.26 Å². The molecule has 26 heavy (non-hydrogen) atoms. The molecule has 130 valence electrons. The van der Waals surface area contributed by atoms with E-state index in [1.165, 1.54) is 0 Å². The van der Waals surface area contributed by atoms with Crippen LogP contribution >= 0.6 is 30.5 Å². The maximum absolute atomic E-state index is 11.4. The Labute approximate surface area is 163 Å². The Morgan fingerprint density at radius 3 is 1.31 bits per heavy atom. The highest BCUT2D eigenvalue weighted by Crippen LogP contribution is 2.62. The molecule has 2 nitrogen and oxygen atoms in total. The van der Waals surface area contributed by atoms with Crippen LogP contribution in [0.1, 0.15) is 0 Å².